The average Bonchev–Trinajstić information content (AvgIpc) is 3.25. The van der Waals surface area contributed by atoms with Crippen LogP contribution in [0, 0.1) is 12.8 Å². The van der Waals surface area contributed by atoms with Crippen molar-refractivity contribution in [3.63, 3.8) is 0 Å². The van der Waals surface area contributed by atoms with E-state index in [2.05, 4.69) is 20.1 Å². The van der Waals surface area contributed by atoms with Crippen LogP contribution in [0.3, 0.4) is 0 Å². The number of likely N-dealkylation sites (tertiary alicyclic amines) is 2. The van der Waals surface area contributed by atoms with Crippen LogP contribution in [-0.4, -0.2) is 70.2 Å². The first-order valence-corrected chi connectivity index (χ1v) is 13.2. The minimum absolute atomic E-state index is 0.0881. The molecule has 194 valence electrons. The number of carbonyl (C=O) groups is 1. The molecule has 3 N–H and O–H groups in total. The number of hydrogen-bond donors (Lipinski definition) is 3. The molecule has 0 unspecified atom stereocenters. The van der Waals surface area contributed by atoms with Gasteiger partial charge in [-0.3, -0.25) is 9.69 Å². The third-order valence-corrected chi connectivity index (χ3v) is 6.85. The fourth-order valence-electron chi connectivity index (χ4n) is 4.76. The minimum atomic E-state index is -0.197. The molecule has 2 fully saturated rings. The highest BCUT2D eigenvalue weighted by Gasteiger charge is 2.26. The quantitative estimate of drug-likeness (QED) is 0.378. The first-order chi connectivity index (χ1) is 17.0. The second-order valence-electron chi connectivity index (χ2n) is 9.32. The maximum Gasteiger partial charge on any atom is 0.226 e. The number of benzene rings is 1. The van der Waals surface area contributed by atoms with E-state index < -0.39 is 0 Å². The molecule has 0 radical (unpaired) electrons. The van der Waals surface area contributed by atoms with Gasteiger partial charge in [0.25, 0.3) is 0 Å². The van der Waals surface area contributed by atoms with Crippen LogP contribution in [0.1, 0.15) is 63.8 Å². The number of piperidine rings is 2. The van der Waals surface area contributed by atoms with Gasteiger partial charge >= 0.3 is 0 Å². The molecule has 0 aliphatic carbocycles. The molecule has 3 heterocycles. The predicted octanol–water partition coefficient (Wildman–Crippen LogP) is 4.29. The van der Waals surface area contributed by atoms with E-state index in [4.69, 9.17) is 4.42 Å². The van der Waals surface area contributed by atoms with Gasteiger partial charge in [0.15, 0.2) is 11.5 Å². The number of aromatic hydroxyl groups is 2. The Balaban J connectivity index is 0.00000167. The zero-order valence-corrected chi connectivity index (χ0v) is 21.6. The van der Waals surface area contributed by atoms with Crippen LogP contribution in [0.15, 0.2) is 22.6 Å². The highest BCUT2D eigenvalue weighted by atomic mass is 16.4. The lowest BCUT2D eigenvalue weighted by Crippen LogP contribution is -2.41. The molecule has 8 nitrogen and oxygen atoms in total. The molecule has 1 aromatic heterocycles. The Morgan fingerprint density at radius 2 is 1.77 bits per heavy atom. The molecular formula is C27H42N4O4. The number of nitrogens with one attached hydrogen (secondary N) is 1. The van der Waals surface area contributed by atoms with Crippen LogP contribution >= 0.6 is 0 Å². The van der Waals surface area contributed by atoms with Gasteiger partial charge in [-0.2, -0.15) is 0 Å². The molecule has 0 spiro atoms. The van der Waals surface area contributed by atoms with Crippen LogP contribution in [-0.2, 0) is 11.3 Å². The van der Waals surface area contributed by atoms with Gasteiger partial charge in [0, 0.05) is 24.6 Å². The zero-order valence-electron chi connectivity index (χ0n) is 21.6. The molecule has 2 aliphatic rings. The van der Waals surface area contributed by atoms with E-state index in [1.807, 2.05) is 20.8 Å². The number of hydrogen-bond acceptors (Lipinski definition) is 7. The van der Waals surface area contributed by atoms with E-state index >= 15 is 0 Å². The number of phenols is 2. The fraction of sp³-hybridized carbons (Fsp3) is 0.630. The maximum absolute atomic E-state index is 12.6. The lowest BCUT2D eigenvalue weighted by Gasteiger charge is -2.31. The lowest BCUT2D eigenvalue weighted by molar-refractivity contribution is -0.126. The summed E-state index contributed by atoms with van der Waals surface area (Å²) < 4.78 is 5.80. The number of nitrogens with zero attached hydrogens (tertiary/aromatic N) is 3. The van der Waals surface area contributed by atoms with E-state index in [0.29, 0.717) is 18.0 Å². The van der Waals surface area contributed by atoms with Crippen molar-refractivity contribution < 1.29 is 19.4 Å². The van der Waals surface area contributed by atoms with Crippen molar-refractivity contribution in [3.05, 3.63) is 29.7 Å². The lowest BCUT2D eigenvalue weighted by atomic mass is 9.95. The Morgan fingerprint density at radius 1 is 1.06 bits per heavy atom. The SMILES string of the molecule is CC.Cc1oc(-c2ccc(O)c(O)c2)nc1CN1CCC(C(=O)NCCCN2CCCCC2)CC1. The van der Waals surface area contributed by atoms with E-state index in [1.54, 1.807) is 6.07 Å². The summed E-state index contributed by atoms with van der Waals surface area (Å²) in [5, 5.41) is 22.4. The van der Waals surface area contributed by atoms with Gasteiger partial charge in [0.1, 0.15) is 5.76 Å². The zero-order chi connectivity index (χ0) is 25.2. The third kappa shape index (κ3) is 7.70. The summed E-state index contributed by atoms with van der Waals surface area (Å²) in [6.07, 6.45) is 6.70. The van der Waals surface area contributed by atoms with Gasteiger partial charge in [-0.1, -0.05) is 20.3 Å². The highest BCUT2D eigenvalue weighted by Crippen LogP contribution is 2.31. The van der Waals surface area contributed by atoms with Gasteiger partial charge in [-0.15, -0.1) is 0 Å². The summed E-state index contributed by atoms with van der Waals surface area (Å²) in [6, 6.07) is 4.54. The van der Waals surface area contributed by atoms with Crippen molar-refractivity contribution in [1.82, 2.24) is 20.1 Å². The number of aromatic nitrogens is 1. The number of rotatable bonds is 8. The molecule has 2 aromatic rings. The number of aryl methyl sites for hydroxylation is 1. The normalized spacial score (nSPS) is 17.6. The van der Waals surface area contributed by atoms with Gasteiger partial charge < -0.3 is 24.8 Å². The largest absolute Gasteiger partial charge is 0.504 e. The van der Waals surface area contributed by atoms with Gasteiger partial charge in [0.05, 0.1) is 5.69 Å². The van der Waals surface area contributed by atoms with Crippen LogP contribution in [0.4, 0.5) is 0 Å². The first-order valence-electron chi connectivity index (χ1n) is 13.2. The fourth-order valence-corrected chi connectivity index (χ4v) is 4.76. The summed E-state index contributed by atoms with van der Waals surface area (Å²) in [4.78, 5) is 22.0. The monoisotopic (exact) mass is 486 g/mol. The summed E-state index contributed by atoms with van der Waals surface area (Å²) >= 11 is 0. The molecule has 2 aliphatic heterocycles. The van der Waals surface area contributed by atoms with Crippen molar-refractivity contribution >= 4 is 5.91 Å². The molecule has 0 saturated carbocycles. The Labute approximate surface area is 209 Å². The van der Waals surface area contributed by atoms with Crippen molar-refractivity contribution in [2.75, 3.05) is 39.3 Å². The number of amides is 1. The van der Waals surface area contributed by atoms with E-state index in [0.717, 1.165) is 56.9 Å². The standard InChI is InChI=1S/C25H36N4O4.C2H6/c1-18-21(27-25(33-18)20-6-7-22(30)23(31)16-20)17-29-14-8-19(9-15-29)24(32)26-10-5-13-28-11-3-2-4-12-28;1-2/h6-7,16,19,30-31H,2-5,8-15,17H2,1H3,(H,26,32);1-2H3. The Kier molecular flexibility index (Phi) is 10.4. The summed E-state index contributed by atoms with van der Waals surface area (Å²) in [7, 11) is 0. The van der Waals surface area contributed by atoms with Crippen molar-refractivity contribution in [2.24, 2.45) is 5.92 Å². The van der Waals surface area contributed by atoms with E-state index in [-0.39, 0.29) is 23.3 Å². The van der Waals surface area contributed by atoms with Crippen LogP contribution in [0.2, 0.25) is 0 Å². The molecule has 1 amide bonds. The molecule has 8 heteroatoms. The molecule has 1 aromatic carbocycles. The smallest absolute Gasteiger partial charge is 0.226 e. The highest BCUT2D eigenvalue weighted by molar-refractivity contribution is 5.78. The van der Waals surface area contributed by atoms with Crippen molar-refractivity contribution in [3.8, 4) is 23.0 Å². The molecule has 35 heavy (non-hydrogen) atoms. The van der Waals surface area contributed by atoms with Crippen LogP contribution in [0.25, 0.3) is 11.5 Å². The van der Waals surface area contributed by atoms with Gasteiger partial charge in [-0.25, -0.2) is 4.98 Å². The first kappa shape index (κ1) is 27.0. The molecule has 0 atom stereocenters. The summed E-state index contributed by atoms with van der Waals surface area (Å²) in [5.74, 6) is 1.08. The van der Waals surface area contributed by atoms with E-state index in [1.165, 1.54) is 44.5 Å². The summed E-state index contributed by atoms with van der Waals surface area (Å²) in [5.41, 5.74) is 1.48. The maximum atomic E-state index is 12.6. The van der Waals surface area contributed by atoms with Crippen molar-refractivity contribution in [1.29, 1.82) is 0 Å². The Bertz CT molecular complexity index is 931. The van der Waals surface area contributed by atoms with E-state index in [9.17, 15) is 15.0 Å². The topological polar surface area (TPSA) is 102 Å². The third-order valence-electron chi connectivity index (χ3n) is 6.85. The summed E-state index contributed by atoms with van der Waals surface area (Å²) in [6.45, 7) is 12.5. The van der Waals surface area contributed by atoms with Crippen LogP contribution in [0.5, 0.6) is 11.5 Å². The molecule has 2 saturated heterocycles. The number of phenolic OH excluding ortho intramolecular Hbond substituents is 2. The average molecular weight is 487 g/mol. The second-order valence-corrected chi connectivity index (χ2v) is 9.32. The number of carbonyl (C=O) groups excluding carboxylic acids is 1. The Hall–Kier alpha value is -2.58. The molecule has 4 rings (SSSR count). The predicted molar refractivity (Wildman–Crippen MR) is 137 cm³/mol. The van der Waals surface area contributed by atoms with Gasteiger partial charge in [0.2, 0.25) is 11.8 Å². The Morgan fingerprint density at radius 3 is 2.46 bits per heavy atom. The second kappa shape index (κ2) is 13.5. The van der Waals surface area contributed by atoms with Crippen LogP contribution < -0.4 is 5.32 Å². The minimum Gasteiger partial charge on any atom is -0.504 e. The van der Waals surface area contributed by atoms with Crippen molar-refractivity contribution in [2.45, 2.75) is 65.8 Å². The van der Waals surface area contributed by atoms with Gasteiger partial charge in [-0.05, 0) is 90.0 Å². The number of oxazole rings is 1. The molecular weight excluding hydrogens is 444 g/mol. The molecule has 0 bridgehead atoms.